The number of nitrogens with one attached hydrogen (secondary N) is 1. The van der Waals surface area contributed by atoms with E-state index in [0.29, 0.717) is 5.56 Å². The zero-order valence-corrected chi connectivity index (χ0v) is 18.3. The highest BCUT2D eigenvalue weighted by atomic mass is 16.4. The van der Waals surface area contributed by atoms with E-state index in [1.54, 1.807) is 36.5 Å². The van der Waals surface area contributed by atoms with E-state index in [2.05, 4.69) is 10.5 Å². The van der Waals surface area contributed by atoms with Crippen molar-refractivity contribution in [3.63, 3.8) is 0 Å². The Morgan fingerprint density at radius 1 is 1.03 bits per heavy atom. The Labute approximate surface area is 181 Å². The molecule has 3 rings (SSSR count). The van der Waals surface area contributed by atoms with Crippen LogP contribution >= 0.6 is 0 Å². The number of carbonyl (C=O) groups excluding carboxylic acids is 1. The molecule has 31 heavy (non-hydrogen) atoms. The van der Waals surface area contributed by atoms with Crippen molar-refractivity contribution in [1.82, 2.24) is 9.99 Å². The monoisotopic (exact) mass is 418 g/mol. The van der Waals surface area contributed by atoms with Crippen molar-refractivity contribution in [3.8, 4) is 5.69 Å². The van der Waals surface area contributed by atoms with Crippen molar-refractivity contribution in [3.05, 3.63) is 82.2 Å². The molecule has 0 atom stereocenters. The first kappa shape index (κ1) is 21.8. The van der Waals surface area contributed by atoms with Gasteiger partial charge in [-0.25, -0.2) is 10.2 Å². The lowest BCUT2D eigenvalue weighted by Crippen LogP contribution is -2.18. The lowest BCUT2D eigenvalue weighted by Gasteiger charge is -2.13. The van der Waals surface area contributed by atoms with E-state index in [1.807, 2.05) is 62.5 Å². The van der Waals surface area contributed by atoms with Gasteiger partial charge in [0.25, 0.3) is 5.91 Å². The Balaban J connectivity index is 1.81. The van der Waals surface area contributed by atoms with Crippen LogP contribution in [0.1, 0.15) is 43.2 Å². The van der Waals surface area contributed by atoms with Crippen LogP contribution in [0.25, 0.3) is 5.69 Å². The molecule has 1 amide bonds. The summed E-state index contributed by atoms with van der Waals surface area (Å²) < 4.78 is 2.05. The topological polar surface area (TPSA) is 86.9 Å². The number of rotatable bonds is 6. The second kappa shape index (κ2) is 8.87. The summed E-state index contributed by atoms with van der Waals surface area (Å²) >= 11 is 0. The first-order valence-corrected chi connectivity index (χ1v) is 9.83. The largest absolute Gasteiger partial charge is 0.478 e. The molecule has 0 bridgehead atoms. The second-order valence-corrected chi connectivity index (χ2v) is 7.61. The Morgan fingerprint density at radius 3 is 2.42 bits per heavy atom. The molecule has 1 aromatic heterocycles. The highest BCUT2D eigenvalue weighted by Crippen LogP contribution is 2.23. The van der Waals surface area contributed by atoms with Gasteiger partial charge < -0.3 is 14.6 Å². The van der Waals surface area contributed by atoms with Crippen molar-refractivity contribution in [1.29, 1.82) is 0 Å². The molecule has 7 nitrogen and oxygen atoms in total. The minimum atomic E-state index is -0.949. The van der Waals surface area contributed by atoms with E-state index in [1.165, 1.54) is 0 Å². The average molecular weight is 418 g/mol. The van der Waals surface area contributed by atoms with Gasteiger partial charge in [0, 0.05) is 48.0 Å². The van der Waals surface area contributed by atoms with Crippen LogP contribution in [-0.2, 0) is 0 Å². The molecule has 0 spiro atoms. The van der Waals surface area contributed by atoms with Crippen LogP contribution in [0, 0.1) is 20.8 Å². The number of carboxylic acid groups (broad SMARTS) is 1. The van der Waals surface area contributed by atoms with Crippen molar-refractivity contribution in [2.75, 3.05) is 19.0 Å². The molecule has 0 aliphatic carbocycles. The van der Waals surface area contributed by atoms with Crippen LogP contribution in [0.15, 0.2) is 53.6 Å². The number of hydrogen-bond donors (Lipinski definition) is 2. The summed E-state index contributed by atoms with van der Waals surface area (Å²) in [7, 11) is 3.84. The minimum Gasteiger partial charge on any atom is -0.478 e. The lowest BCUT2D eigenvalue weighted by atomic mass is 10.1. The molecule has 0 saturated heterocycles. The summed E-state index contributed by atoms with van der Waals surface area (Å²) in [6.07, 6.45) is 1.62. The van der Waals surface area contributed by atoms with Crippen LogP contribution in [0.3, 0.4) is 0 Å². The molecule has 0 aliphatic rings. The standard InChI is InChI=1S/C24H26N4O3/c1-15-11-19(24(30)31)9-10-22(15)28-16(2)12-20(17(28)3)14-25-26-23(29)18-7-6-8-21(13-18)27(4)5/h6-14H,1-5H3,(H,26,29)(H,30,31)/b25-14-. The van der Waals surface area contributed by atoms with Crippen LogP contribution in [0.5, 0.6) is 0 Å². The number of nitrogens with zero attached hydrogens (tertiary/aromatic N) is 3. The number of carbonyl (C=O) groups is 2. The highest BCUT2D eigenvalue weighted by molar-refractivity contribution is 5.96. The van der Waals surface area contributed by atoms with Gasteiger partial charge in [0.2, 0.25) is 0 Å². The predicted molar refractivity (Wildman–Crippen MR) is 123 cm³/mol. The van der Waals surface area contributed by atoms with Crippen LogP contribution < -0.4 is 10.3 Å². The molecular weight excluding hydrogens is 392 g/mol. The summed E-state index contributed by atoms with van der Waals surface area (Å²) in [4.78, 5) is 25.6. The van der Waals surface area contributed by atoms with E-state index in [-0.39, 0.29) is 11.5 Å². The third-order valence-corrected chi connectivity index (χ3v) is 5.15. The fraction of sp³-hybridized carbons (Fsp3) is 0.208. The molecular formula is C24H26N4O3. The third kappa shape index (κ3) is 4.66. The van der Waals surface area contributed by atoms with E-state index in [4.69, 9.17) is 0 Å². The SMILES string of the molecule is Cc1cc(C(=O)O)ccc1-n1c(C)cc(/C=N\NC(=O)c2cccc(N(C)C)c2)c1C. The molecule has 1 heterocycles. The lowest BCUT2D eigenvalue weighted by molar-refractivity contribution is 0.0696. The predicted octanol–water partition coefficient (Wildman–Crippen LogP) is 3.93. The van der Waals surface area contributed by atoms with Gasteiger partial charge in [-0.3, -0.25) is 4.79 Å². The van der Waals surface area contributed by atoms with Gasteiger partial charge in [-0.2, -0.15) is 5.10 Å². The summed E-state index contributed by atoms with van der Waals surface area (Å²) in [5, 5.41) is 13.3. The maximum absolute atomic E-state index is 12.4. The Morgan fingerprint density at radius 2 is 1.77 bits per heavy atom. The summed E-state index contributed by atoms with van der Waals surface area (Å²) in [5.41, 5.74) is 8.85. The molecule has 0 fully saturated rings. The van der Waals surface area contributed by atoms with E-state index < -0.39 is 5.97 Å². The van der Waals surface area contributed by atoms with E-state index in [0.717, 1.165) is 33.9 Å². The fourth-order valence-corrected chi connectivity index (χ4v) is 3.48. The maximum atomic E-state index is 12.4. The normalized spacial score (nSPS) is 11.0. The Kier molecular flexibility index (Phi) is 6.25. The third-order valence-electron chi connectivity index (χ3n) is 5.15. The molecule has 0 saturated carbocycles. The summed E-state index contributed by atoms with van der Waals surface area (Å²) in [5.74, 6) is -1.23. The molecule has 2 N–H and O–H groups in total. The second-order valence-electron chi connectivity index (χ2n) is 7.61. The number of amides is 1. The molecule has 2 aromatic carbocycles. The smallest absolute Gasteiger partial charge is 0.335 e. The number of benzene rings is 2. The Hall–Kier alpha value is -3.87. The number of aromatic carboxylic acids is 1. The number of aryl methyl sites for hydroxylation is 2. The van der Waals surface area contributed by atoms with Crippen LogP contribution in [0.2, 0.25) is 0 Å². The van der Waals surface area contributed by atoms with E-state index in [9.17, 15) is 14.7 Å². The van der Waals surface area contributed by atoms with Gasteiger partial charge in [0.05, 0.1) is 11.8 Å². The first-order chi connectivity index (χ1) is 14.7. The van der Waals surface area contributed by atoms with E-state index >= 15 is 0 Å². The zero-order valence-electron chi connectivity index (χ0n) is 18.3. The van der Waals surface area contributed by atoms with Gasteiger partial charge in [0.15, 0.2) is 0 Å². The number of aromatic nitrogens is 1. The molecule has 160 valence electrons. The van der Waals surface area contributed by atoms with Crippen molar-refractivity contribution in [2.45, 2.75) is 20.8 Å². The molecule has 0 unspecified atom stereocenters. The molecule has 7 heteroatoms. The fourth-order valence-electron chi connectivity index (χ4n) is 3.48. The van der Waals surface area contributed by atoms with Crippen molar-refractivity contribution >= 4 is 23.8 Å². The Bertz CT molecular complexity index is 1180. The average Bonchev–Trinajstić information content (AvgIpc) is 3.01. The first-order valence-electron chi connectivity index (χ1n) is 9.83. The van der Waals surface area contributed by atoms with Gasteiger partial charge in [0.1, 0.15) is 0 Å². The van der Waals surface area contributed by atoms with Crippen molar-refractivity contribution < 1.29 is 14.7 Å². The highest BCUT2D eigenvalue weighted by Gasteiger charge is 2.13. The molecule has 3 aromatic rings. The summed E-state index contributed by atoms with van der Waals surface area (Å²) in [6.45, 7) is 5.82. The number of carboxylic acids is 1. The van der Waals surface area contributed by atoms with Crippen LogP contribution in [-0.4, -0.2) is 41.9 Å². The van der Waals surface area contributed by atoms with Crippen LogP contribution in [0.4, 0.5) is 5.69 Å². The number of hydrazone groups is 1. The van der Waals surface area contributed by atoms with Gasteiger partial charge in [-0.05, 0) is 68.8 Å². The quantitative estimate of drug-likeness (QED) is 0.469. The molecule has 0 radical (unpaired) electrons. The zero-order chi connectivity index (χ0) is 22.7. The van der Waals surface area contributed by atoms with Gasteiger partial charge in [-0.1, -0.05) is 6.07 Å². The maximum Gasteiger partial charge on any atom is 0.335 e. The summed E-state index contributed by atoms with van der Waals surface area (Å²) in [6, 6.07) is 14.3. The number of hydrogen-bond acceptors (Lipinski definition) is 4. The van der Waals surface area contributed by atoms with Gasteiger partial charge in [-0.15, -0.1) is 0 Å². The van der Waals surface area contributed by atoms with Gasteiger partial charge >= 0.3 is 5.97 Å². The number of anilines is 1. The minimum absolute atomic E-state index is 0.256. The molecule has 0 aliphatic heterocycles. The van der Waals surface area contributed by atoms with Crippen molar-refractivity contribution in [2.24, 2.45) is 5.10 Å².